The molecule has 0 unspecified atom stereocenters. The molecule has 0 bridgehead atoms. The van der Waals surface area contributed by atoms with E-state index in [0.717, 1.165) is 31.7 Å². The highest BCUT2D eigenvalue weighted by molar-refractivity contribution is 5.80. The van der Waals surface area contributed by atoms with Gasteiger partial charge >= 0.3 is 0 Å². The van der Waals surface area contributed by atoms with Crippen LogP contribution in [0.5, 0.6) is 0 Å². The highest BCUT2D eigenvalue weighted by atomic mass is 16.2. The maximum Gasteiger partial charge on any atom is 0.241 e. The van der Waals surface area contributed by atoms with Crippen molar-refractivity contribution in [1.29, 1.82) is 0 Å². The Hall–Kier alpha value is -1.52. The van der Waals surface area contributed by atoms with Gasteiger partial charge in [0.05, 0.1) is 6.54 Å². The van der Waals surface area contributed by atoms with Crippen LogP contribution in [0, 0.1) is 0 Å². The third-order valence-electron chi connectivity index (χ3n) is 2.59. The molecule has 82 valence electrons. The van der Waals surface area contributed by atoms with Gasteiger partial charge in [-0.05, 0) is 12.8 Å². The Morgan fingerprint density at radius 2 is 2.27 bits per heavy atom. The van der Waals surface area contributed by atoms with Gasteiger partial charge in [0.15, 0.2) is 0 Å². The molecule has 0 radical (unpaired) electrons. The topological polar surface area (TPSA) is 50.2 Å². The lowest BCUT2D eigenvalue weighted by molar-refractivity contribution is -0.128. The lowest BCUT2D eigenvalue weighted by Gasteiger charge is -2.14. The zero-order chi connectivity index (χ0) is 10.7. The number of nitrogens with one attached hydrogen (secondary N) is 1. The fourth-order valence-electron chi connectivity index (χ4n) is 1.75. The number of amides is 1. The monoisotopic (exact) mass is 208 g/mol. The maximum absolute atomic E-state index is 11.7. The largest absolute Gasteiger partial charge is 0.360 e. The van der Waals surface area contributed by atoms with Crippen LogP contribution in [0.1, 0.15) is 12.8 Å². The summed E-state index contributed by atoms with van der Waals surface area (Å²) in [6.45, 7) is 2.16. The SMILES string of the molecule is Cn1ccc(NCC(=O)N2CCCC2)n1. The number of nitrogens with zero attached hydrogens (tertiary/aromatic N) is 3. The molecule has 0 aliphatic carbocycles. The minimum atomic E-state index is 0.165. The summed E-state index contributed by atoms with van der Waals surface area (Å²) < 4.78 is 1.71. The average Bonchev–Trinajstić information content (AvgIpc) is 2.84. The molecule has 0 spiro atoms. The van der Waals surface area contributed by atoms with E-state index in [4.69, 9.17) is 0 Å². The Kier molecular flexibility index (Phi) is 2.89. The highest BCUT2D eigenvalue weighted by Crippen LogP contribution is 2.08. The first kappa shape index (κ1) is 10.0. The van der Waals surface area contributed by atoms with Crippen LogP contribution in [0.3, 0.4) is 0 Å². The molecular formula is C10H16N4O. The van der Waals surface area contributed by atoms with E-state index in [1.165, 1.54) is 0 Å². The molecule has 15 heavy (non-hydrogen) atoms. The molecule has 2 rings (SSSR count). The molecule has 0 aromatic carbocycles. The van der Waals surface area contributed by atoms with E-state index >= 15 is 0 Å². The zero-order valence-corrected chi connectivity index (χ0v) is 8.94. The first-order valence-electron chi connectivity index (χ1n) is 5.27. The summed E-state index contributed by atoms with van der Waals surface area (Å²) in [5.41, 5.74) is 0. The molecule has 1 aliphatic rings. The predicted molar refractivity (Wildman–Crippen MR) is 57.5 cm³/mol. The van der Waals surface area contributed by atoms with Crippen LogP contribution in [0.4, 0.5) is 5.82 Å². The molecule has 5 nitrogen and oxygen atoms in total. The van der Waals surface area contributed by atoms with Crippen molar-refractivity contribution in [3.8, 4) is 0 Å². The second-order valence-corrected chi connectivity index (χ2v) is 3.82. The molecule has 2 heterocycles. The number of hydrogen-bond acceptors (Lipinski definition) is 3. The van der Waals surface area contributed by atoms with E-state index in [-0.39, 0.29) is 5.91 Å². The van der Waals surface area contributed by atoms with Gasteiger partial charge < -0.3 is 10.2 Å². The predicted octanol–water partition coefficient (Wildman–Crippen LogP) is 0.454. The van der Waals surface area contributed by atoms with Crippen LogP contribution in [-0.2, 0) is 11.8 Å². The van der Waals surface area contributed by atoms with Crippen molar-refractivity contribution in [2.24, 2.45) is 7.05 Å². The summed E-state index contributed by atoms with van der Waals surface area (Å²) in [5.74, 6) is 0.920. The Morgan fingerprint density at radius 3 is 2.87 bits per heavy atom. The third-order valence-corrected chi connectivity index (χ3v) is 2.59. The van der Waals surface area contributed by atoms with Gasteiger partial charge in [-0.25, -0.2) is 0 Å². The van der Waals surface area contributed by atoms with E-state index in [0.29, 0.717) is 6.54 Å². The van der Waals surface area contributed by atoms with Crippen molar-refractivity contribution in [2.45, 2.75) is 12.8 Å². The van der Waals surface area contributed by atoms with Crippen molar-refractivity contribution in [2.75, 3.05) is 25.0 Å². The van der Waals surface area contributed by atoms with E-state index in [2.05, 4.69) is 10.4 Å². The van der Waals surface area contributed by atoms with Gasteiger partial charge in [-0.15, -0.1) is 0 Å². The lowest BCUT2D eigenvalue weighted by Crippen LogP contribution is -2.33. The van der Waals surface area contributed by atoms with Crippen molar-refractivity contribution < 1.29 is 4.79 Å². The molecule has 1 amide bonds. The van der Waals surface area contributed by atoms with Crippen molar-refractivity contribution in [3.63, 3.8) is 0 Å². The number of hydrogen-bond donors (Lipinski definition) is 1. The number of rotatable bonds is 3. The molecule has 0 atom stereocenters. The second kappa shape index (κ2) is 4.33. The van der Waals surface area contributed by atoms with Crippen molar-refractivity contribution in [1.82, 2.24) is 14.7 Å². The normalized spacial score (nSPS) is 15.7. The Morgan fingerprint density at radius 1 is 1.53 bits per heavy atom. The van der Waals surface area contributed by atoms with Crippen LogP contribution in [0.15, 0.2) is 12.3 Å². The summed E-state index contributed by atoms with van der Waals surface area (Å²) in [6.07, 6.45) is 4.12. The van der Waals surface area contributed by atoms with Gasteiger partial charge in [0.25, 0.3) is 0 Å². The van der Waals surface area contributed by atoms with Crippen LogP contribution in [-0.4, -0.2) is 40.2 Å². The molecule has 1 fully saturated rings. The molecular weight excluding hydrogens is 192 g/mol. The molecule has 1 aliphatic heterocycles. The van der Waals surface area contributed by atoms with Gasteiger partial charge in [-0.2, -0.15) is 5.10 Å². The lowest BCUT2D eigenvalue weighted by atomic mass is 10.4. The summed E-state index contributed by atoms with van der Waals surface area (Å²) in [6, 6.07) is 1.86. The van der Waals surface area contributed by atoms with Gasteiger partial charge in [0.2, 0.25) is 5.91 Å². The van der Waals surface area contributed by atoms with Gasteiger partial charge in [-0.3, -0.25) is 9.48 Å². The molecule has 1 aromatic heterocycles. The third kappa shape index (κ3) is 2.49. The Bertz CT molecular complexity index is 341. The Labute approximate surface area is 89.1 Å². The minimum absolute atomic E-state index is 0.165. The Balaban J connectivity index is 1.80. The van der Waals surface area contributed by atoms with Crippen molar-refractivity contribution in [3.05, 3.63) is 12.3 Å². The van der Waals surface area contributed by atoms with Gasteiger partial charge in [-0.1, -0.05) is 0 Å². The van der Waals surface area contributed by atoms with Crippen LogP contribution in [0.2, 0.25) is 0 Å². The van der Waals surface area contributed by atoms with E-state index in [9.17, 15) is 4.79 Å². The molecule has 1 saturated heterocycles. The number of likely N-dealkylation sites (tertiary alicyclic amines) is 1. The quantitative estimate of drug-likeness (QED) is 0.785. The molecule has 0 saturated carbocycles. The minimum Gasteiger partial charge on any atom is -0.360 e. The summed E-state index contributed by atoms with van der Waals surface area (Å²) in [5, 5.41) is 7.16. The standard InChI is InChI=1S/C10H16N4O/c1-13-7-4-9(12-13)11-8-10(15)14-5-2-3-6-14/h4,7H,2-3,5-6,8H2,1H3,(H,11,12). The smallest absolute Gasteiger partial charge is 0.241 e. The van der Waals surface area contributed by atoms with Gasteiger partial charge in [0.1, 0.15) is 5.82 Å². The first-order chi connectivity index (χ1) is 7.25. The van der Waals surface area contributed by atoms with Gasteiger partial charge in [0, 0.05) is 32.4 Å². The fourth-order valence-corrected chi connectivity index (χ4v) is 1.75. The van der Waals surface area contributed by atoms with Crippen LogP contribution >= 0.6 is 0 Å². The maximum atomic E-state index is 11.7. The highest BCUT2D eigenvalue weighted by Gasteiger charge is 2.17. The molecule has 1 N–H and O–H groups in total. The van der Waals surface area contributed by atoms with Crippen LogP contribution in [0.25, 0.3) is 0 Å². The second-order valence-electron chi connectivity index (χ2n) is 3.82. The number of carbonyl (C=O) groups excluding carboxylic acids is 1. The fraction of sp³-hybridized carbons (Fsp3) is 0.600. The number of aryl methyl sites for hydroxylation is 1. The van der Waals surface area contributed by atoms with Crippen LogP contribution < -0.4 is 5.32 Å². The molecule has 5 heteroatoms. The van der Waals surface area contributed by atoms with E-state index < -0.39 is 0 Å². The first-order valence-corrected chi connectivity index (χ1v) is 5.27. The summed E-state index contributed by atoms with van der Waals surface area (Å²) in [7, 11) is 1.85. The number of carbonyl (C=O) groups is 1. The van der Waals surface area contributed by atoms with E-state index in [1.807, 2.05) is 24.2 Å². The summed E-state index contributed by atoms with van der Waals surface area (Å²) >= 11 is 0. The average molecular weight is 208 g/mol. The van der Waals surface area contributed by atoms with Crippen molar-refractivity contribution >= 4 is 11.7 Å². The molecule has 1 aromatic rings. The summed E-state index contributed by atoms with van der Waals surface area (Å²) in [4.78, 5) is 13.6. The number of aromatic nitrogens is 2. The zero-order valence-electron chi connectivity index (χ0n) is 8.94. The number of anilines is 1. The van der Waals surface area contributed by atoms with E-state index in [1.54, 1.807) is 4.68 Å².